The van der Waals surface area contributed by atoms with E-state index in [2.05, 4.69) is 35.0 Å². The van der Waals surface area contributed by atoms with Crippen LogP contribution in [-0.4, -0.2) is 5.78 Å². The first-order valence-electron chi connectivity index (χ1n) is 6.00. The Morgan fingerprint density at radius 2 is 1.78 bits per heavy atom. The van der Waals surface area contributed by atoms with Crippen LogP contribution >= 0.6 is 15.9 Å². The molecule has 0 unspecified atom stereocenters. The summed E-state index contributed by atoms with van der Waals surface area (Å²) in [6, 6.07) is 16.0. The maximum atomic E-state index is 11.1. The number of ketones is 1. The van der Waals surface area contributed by atoms with Crippen LogP contribution in [0.5, 0.6) is 0 Å². The lowest BCUT2D eigenvalue weighted by Gasteiger charge is -1.92. The van der Waals surface area contributed by atoms with E-state index in [1.165, 1.54) is 11.1 Å². The quantitative estimate of drug-likeness (QED) is 0.696. The van der Waals surface area contributed by atoms with Gasteiger partial charge in [0.15, 0.2) is 5.78 Å². The standard InChI is InChI=1S/C9H8O.C7H7Br/c10-9-6-5-7-3-1-2-4-8(7)9;1-6-3-2-4-7(8)5-6/h1-4H,5-6H2;2-5H,1H3. The van der Waals surface area contributed by atoms with Crippen LogP contribution in [0.1, 0.15) is 27.9 Å². The minimum Gasteiger partial charge on any atom is -0.294 e. The summed E-state index contributed by atoms with van der Waals surface area (Å²) in [6.07, 6.45) is 1.65. The first kappa shape index (κ1) is 13.0. The van der Waals surface area contributed by atoms with Crippen LogP contribution in [0.15, 0.2) is 53.0 Å². The van der Waals surface area contributed by atoms with Crippen molar-refractivity contribution in [2.45, 2.75) is 19.8 Å². The van der Waals surface area contributed by atoms with Crippen molar-refractivity contribution in [1.82, 2.24) is 0 Å². The average molecular weight is 303 g/mol. The van der Waals surface area contributed by atoms with Crippen LogP contribution in [0.3, 0.4) is 0 Å². The number of hydrogen-bond donors (Lipinski definition) is 0. The Labute approximate surface area is 116 Å². The summed E-state index contributed by atoms with van der Waals surface area (Å²) in [6.45, 7) is 2.07. The minimum absolute atomic E-state index is 0.301. The molecule has 1 aliphatic carbocycles. The molecule has 0 aliphatic heterocycles. The van der Waals surface area contributed by atoms with Gasteiger partial charge in [0, 0.05) is 16.5 Å². The molecule has 18 heavy (non-hydrogen) atoms. The van der Waals surface area contributed by atoms with Crippen LogP contribution in [0.4, 0.5) is 0 Å². The first-order valence-corrected chi connectivity index (χ1v) is 6.79. The molecule has 0 heterocycles. The predicted molar refractivity (Wildman–Crippen MR) is 78.0 cm³/mol. The number of halogens is 1. The molecule has 92 valence electrons. The summed E-state index contributed by atoms with van der Waals surface area (Å²) in [5.74, 6) is 0.301. The van der Waals surface area contributed by atoms with Crippen LogP contribution in [0.25, 0.3) is 0 Å². The van der Waals surface area contributed by atoms with E-state index in [1.807, 2.05) is 36.4 Å². The van der Waals surface area contributed by atoms with Gasteiger partial charge >= 0.3 is 0 Å². The van der Waals surface area contributed by atoms with Crippen molar-refractivity contribution in [3.8, 4) is 0 Å². The zero-order valence-corrected chi connectivity index (χ0v) is 11.9. The predicted octanol–water partition coefficient (Wildman–Crippen LogP) is 4.57. The number of fused-ring (bicyclic) bond motifs is 1. The maximum Gasteiger partial charge on any atom is 0.163 e. The Morgan fingerprint density at radius 1 is 1.00 bits per heavy atom. The van der Waals surface area contributed by atoms with Crippen molar-refractivity contribution in [2.75, 3.05) is 0 Å². The third kappa shape index (κ3) is 3.30. The van der Waals surface area contributed by atoms with Crippen LogP contribution < -0.4 is 0 Å². The van der Waals surface area contributed by atoms with Crippen molar-refractivity contribution >= 4 is 21.7 Å². The van der Waals surface area contributed by atoms with Gasteiger partial charge in [-0.25, -0.2) is 0 Å². The molecule has 0 bridgehead atoms. The highest BCUT2D eigenvalue weighted by Crippen LogP contribution is 2.20. The van der Waals surface area contributed by atoms with Gasteiger partial charge in [-0.1, -0.05) is 57.9 Å². The molecule has 2 heteroatoms. The number of rotatable bonds is 0. The zero-order chi connectivity index (χ0) is 13.0. The number of Topliss-reactive ketones (excluding diaryl/α,β-unsaturated/α-hetero) is 1. The van der Waals surface area contributed by atoms with Crippen LogP contribution in [-0.2, 0) is 6.42 Å². The third-order valence-electron chi connectivity index (χ3n) is 2.92. The summed E-state index contributed by atoms with van der Waals surface area (Å²) < 4.78 is 1.15. The van der Waals surface area contributed by atoms with Crippen molar-refractivity contribution in [3.05, 3.63) is 69.7 Å². The largest absolute Gasteiger partial charge is 0.294 e. The van der Waals surface area contributed by atoms with E-state index in [1.54, 1.807) is 0 Å². The summed E-state index contributed by atoms with van der Waals surface area (Å²) in [5, 5.41) is 0. The number of carbonyl (C=O) groups is 1. The van der Waals surface area contributed by atoms with Gasteiger partial charge in [0.1, 0.15) is 0 Å². The highest BCUT2D eigenvalue weighted by Gasteiger charge is 2.17. The number of hydrogen-bond acceptors (Lipinski definition) is 1. The second-order valence-corrected chi connectivity index (χ2v) is 5.30. The first-order chi connectivity index (χ1) is 8.66. The topological polar surface area (TPSA) is 17.1 Å². The fraction of sp³-hybridized carbons (Fsp3) is 0.188. The normalized spacial score (nSPS) is 12.7. The summed E-state index contributed by atoms with van der Waals surface area (Å²) in [7, 11) is 0. The molecule has 0 N–H and O–H groups in total. The van der Waals surface area contributed by atoms with Crippen molar-refractivity contribution in [3.63, 3.8) is 0 Å². The molecule has 0 amide bonds. The van der Waals surface area contributed by atoms with Crippen LogP contribution in [0, 0.1) is 6.92 Å². The Hall–Kier alpha value is -1.41. The van der Waals surface area contributed by atoms with Crippen molar-refractivity contribution in [1.29, 1.82) is 0 Å². The monoisotopic (exact) mass is 302 g/mol. The number of benzene rings is 2. The molecule has 2 aromatic rings. The van der Waals surface area contributed by atoms with Gasteiger partial charge in [-0.15, -0.1) is 0 Å². The van der Waals surface area contributed by atoms with E-state index >= 15 is 0 Å². The van der Waals surface area contributed by atoms with Gasteiger partial charge in [-0.2, -0.15) is 0 Å². The molecule has 0 radical (unpaired) electrons. The number of carbonyl (C=O) groups excluding carboxylic acids is 1. The average Bonchev–Trinajstić information content (AvgIpc) is 2.72. The smallest absolute Gasteiger partial charge is 0.163 e. The van der Waals surface area contributed by atoms with Crippen molar-refractivity contribution in [2.24, 2.45) is 0 Å². The molecule has 0 aromatic heterocycles. The van der Waals surface area contributed by atoms with E-state index in [4.69, 9.17) is 0 Å². The molecule has 1 nitrogen and oxygen atoms in total. The van der Waals surface area contributed by atoms with Gasteiger partial charge in [-0.05, 0) is 31.0 Å². The van der Waals surface area contributed by atoms with Gasteiger partial charge in [-0.3, -0.25) is 4.79 Å². The molecular formula is C16H15BrO. The van der Waals surface area contributed by atoms with Gasteiger partial charge in [0.2, 0.25) is 0 Å². The number of aryl methyl sites for hydroxylation is 2. The van der Waals surface area contributed by atoms with E-state index in [0.29, 0.717) is 12.2 Å². The molecule has 0 spiro atoms. The summed E-state index contributed by atoms with van der Waals surface area (Å²) >= 11 is 3.36. The van der Waals surface area contributed by atoms with Gasteiger partial charge in [0.25, 0.3) is 0 Å². The Bertz CT molecular complexity index is 543. The molecule has 0 saturated heterocycles. The van der Waals surface area contributed by atoms with Gasteiger partial charge in [0.05, 0.1) is 0 Å². The van der Waals surface area contributed by atoms with E-state index < -0.39 is 0 Å². The fourth-order valence-electron chi connectivity index (χ4n) is 2.00. The molecule has 1 aliphatic rings. The Kier molecular flexibility index (Phi) is 4.32. The summed E-state index contributed by atoms with van der Waals surface area (Å²) in [5.41, 5.74) is 3.44. The molecule has 3 rings (SSSR count). The van der Waals surface area contributed by atoms with E-state index in [9.17, 15) is 4.79 Å². The Morgan fingerprint density at radius 3 is 2.39 bits per heavy atom. The maximum absolute atomic E-state index is 11.1. The van der Waals surface area contributed by atoms with E-state index in [-0.39, 0.29) is 0 Å². The van der Waals surface area contributed by atoms with E-state index in [0.717, 1.165) is 16.5 Å². The second-order valence-electron chi connectivity index (χ2n) is 4.38. The summed E-state index contributed by atoms with van der Waals surface area (Å²) in [4.78, 5) is 11.1. The molecule has 2 aromatic carbocycles. The molecule has 0 atom stereocenters. The highest BCUT2D eigenvalue weighted by atomic mass is 79.9. The molecule has 0 fully saturated rings. The molecule has 0 saturated carbocycles. The second kappa shape index (κ2) is 5.96. The molecular weight excluding hydrogens is 288 g/mol. The lowest BCUT2D eigenvalue weighted by atomic mass is 10.1. The lowest BCUT2D eigenvalue weighted by Crippen LogP contribution is -1.88. The minimum atomic E-state index is 0.301. The van der Waals surface area contributed by atoms with Crippen molar-refractivity contribution < 1.29 is 4.79 Å². The SMILES string of the molecule is Cc1cccc(Br)c1.O=C1CCc2ccccc21. The van der Waals surface area contributed by atoms with Gasteiger partial charge < -0.3 is 0 Å². The third-order valence-corrected chi connectivity index (χ3v) is 3.41. The lowest BCUT2D eigenvalue weighted by molar-refractivity contribution is 0.0994. The Balaban J connectivity index is 0.000000138. The van der Waals surface area contributed by atoms with Crippen LogP contribution in [0.2, 0.25) is 0 Å². The zero-order valence-electron chi connectivity index (χ0n) is 10.3. The highest BCUT2D eigenvalue weighted by molar-refractivity contribution is 9.10. The fourth-order valence-corrected chi connectivity index (χ4v) is 2.51.